The van der Waals surface area contributed by atoms with Crippen LogP contribution in [0.4, 0.5) is 52.5 Å². The number of anilines is 9. The zero-order valence-corrected chi connectivity index (χ0v) is 66.0. The molecule has 33 nitrogen and oxygen atoms in total. The van der Waals surface area contributed by atoms with Gasteiger partial charge in [-0.25, -0.2) is 25.3 Å². The van der Waals surface area contributed by atoms with E-state index in [-0.39, 0.29) is 291 Å². The monoisotopic (exact) mass is 1370 g/mol. The molecule has 1 unspecified atom stereocenters. The van der Waals surface area contributed by atoms with Crippen LogP contribution in [0.25, 0.3) is 12.2 Å². The van der Waals surface area contributed by atoms with Gasteiger partial charge in [0.15, 0.2) is 0 Å². The predicted octanol–water partition coefficient (Wildman–Crippen LogP) is -25.0. The summed E-state index contributed by atoms with van der Waals surface area (Å²) in [6, 6.07) is 11.0. The van der Waals surface area contributed by atoms with E-state index in [1.807, 2.05) is 0 Å². The van der Waals surface area contributed by atoms with E-state index < -0.39 is 110 Å². The summed E-state index contributed by atoms with van der Waals surface area (Å²) in [5.74, 6) is -6.34. The Labute approximate surface area is 669 Å². The number of carboxylic acids is 2. The molecule has 5 N–H and O–H groups in total. The summed E-state index contributed by atoms with van der Waals surface area (Å²) in [7, 11) is -15.5. The Kier molecular flexibility index (Phi) is 45.3. The first-order valence-corrected chi connectivity index (χ1v) is 26.2. The van der Waals surface area contributed by atoms with E-state index in [1.54, 1.807) is 0 Å². The Balaban J connectivity index is -0.00000820. The van der Waals surface area contributed by atoms with E-state index in [0.29, 0.717) is 24.1 Å². The number of carboxylic acid groups (broad SMARTS) is 2. The zero-order valence-electron chi connectivity index (χ0n) is 44.4. The Morgan fingerprint density at radius 3 is 1.54 bits per heavy atom. The molecular formula is C36H22ClN11Na8O22S6. The molecule has 1 atom stereocenters. The first kappa shape index (κ1) is 89.5. The molecule has 48 heteroatoms. The van der Waals surface area contributed by atoms with Gasteiger partial charge in [-0.15, -0.1) is 0 Å². The second-order valence-electron chi connectivity index (χ2n) is 13.8. The minimum atomic E-state index is -5.29. The van der Waals surface area contributed by atoms with E-state index in [4.69, 9.17) is 11.6 Å². The topological polar surface area (TPSA) is 514 Å². The molecule has 2 heterocycles. The molecule has 0 aliphatic carbocycles. The minimum absolute atomic E-state index is 0. The van der Waals surface area contributed by atoms with Gasteiger partial charge in [-0.3, -0.25) is 15.1 Å². The quantitative estimate of drug-likeness (QED) is 0.00798. The number of hydrogen-bond acceptors (Lipinski definition) is 36. The minimum Gasteiger partial charge on any atom is -0.744 e. The Bertz CT molecular complexity index is 3560. The maximum absolute atomic E-state index is 12.6. The van der Waals surface area contributed by atoms with Crippen molar-refractivity contribution < 1.29 is 339 Å². The molecular weight excluding hydrogens is 1350 g/mol. The van der Waals surface area contributed by atoms with Crippen molar-refractivity contribution in [3.8, 4) is 0 Å². The van der Waals surface area contributed by atoms with Gasteiger partial charge in [0.1, 0.15) is 30.4 Å². The number of carbonyl (C=O) groups is 2. The van der Waals surface area contributed by atoms with Crippen molar-refractivity contribution in [2.24, 2.45) is 0 Å². The Morgan fingerprint density at radius 2 is 1.00 bits per heavy atom. The van der Waals surface area contributed by atoms with Gasteiger partial charge in [0.25, 0.3) is 0 Å². The molecule has 4 aromatic carbocycles. The number of halogens is 1. The van der Waals surface area contributed by atoms with Crippen LogP contribution in [0.2, 0.25) is 5.28 Å². The summed E-state index contributed by atoms with van der Waals surface area (Å²) in [4.78, 5) is 44.5. The van der Waals surface area contributed by atoms with Gasteiger partial charge in [-0.1, -0.05) is 24.3 Å². The Morgan fingerprint density at radius 1 is 0.524 bits per heavy atom. The van der Waals surface area contributed by atoms with Crippen LogP contribution in [0.3, 0.4) is 0 Å². The predicted molar refractivity (Wildman–Crippen MR) is 243 cm³/mol. The molecule has 0 aliphatic rings. The third-order valence-electron chi connectivity index (χ3n) is 8.87. The second kappa shape index (κ2) is 42.5. The second-order valence-corrected chi connectivity index (χ2v) is 20.5. The van der Waals surface area contributed by atoms with Crippen molar-refractivity contribution in [1.82, 2.24) is 29.9 Å². The fourth-order valence-corrected chi connectivity index (χ4v) is 9.16. The molecule has 0 saturated heterocycles. The number of hydrogen-bond donors (Lipinski definition) is 5. The molecule has 0 saturated carbocycles. The van der Waals surface area contributed by atoms with Crippen LogP contribution >= 0.6 is 47.7 Å². The fourth-order valence-electron chi connectivity index (χ4n) is 5.86. The van der Waals surface area contributed by atoms with E-state index in [2.05, 4.69) is 84.6 Å². The van der Waals surface area contributed by atoms with E-state index in [1.165, 1.54) is 42.5 Å². The van der Waals surface area contributed by atoms with Crippen molar-refractivity contribution in [2.45, 2.75) is 41.8 Å². The van der Waals surface area contributed by atoms with Gasteiger partial charge in [-0.2, -0.15) is 42.9 Å². The van der Waals surface area contributed by atoms with Gasteiger partial charge in [0.05, 0.1) is 79.1 Å². The molecule has 2 aromatic heterocycles. The Hall–Kier alpha value is 1.29. The first-order chi connectivity index (χ1) is 35.9. The first-order valence-electron chi connectivity index (χ1n) is 19.4. The number of carbonyl (C=O) groups excluding carboxylic acids is 2. The SMILES string of the molecule is O=C([O-])CC(Nc1nc(Nc2ccc(/C=C/c3ccc(Nc4nc(Cl)nc(Nc5cc(SOO[O-])ccc5S(=O)(=O)[O-])n4)cc3S(=O)(=O)[O-])c(SOO[O-])c2)nc(Nc2cc(S(=O)(=O)[O-])ccc2SOO[O-])n1)C(=O)[O-].[Na+].[Na+].[Na+].[Na+].[Na+].[Na+].[Na+].[Na+]. The standard InChI is InChI=1S/C36H30ClN11O22S6.8Na/c37-31-43-32(45-34(44-31)41-23-13-20(71-68-65-53)7-10-27(23)75(59,60)61)39-19-6-4-17(28(12-19)76(62,63)64)2-1-16-3-5-18(11-26(16)73-70-67-55)38-33-46-35(48-36(47-33)42-24(30(51)52)15-29(49)50)40-22-14-21(74(56,57)58)8-9-25(22)72-69-66-54;;;;;;;;/h1-14,24,53-55H,15H2,(H,49,50)(H,51,52)(H,56,57,58)(H,59,60,61)(H,62,63,64)(H2,39,41,43,44,45)(H3,38,40,42,46,47,48);;;;;;;;/q;8*+1/p-8/b2-1+;;;;;;;;. The largest absolute Gasteiger partial charge is 1.00 e. The van der Waals surface area contributed by atoms with Gasteiger partial charge < -0.3 is 75.8 Å². The number of benzene rings is 4. The number of rotatable bonds is 27. The smallest absolute Gasteiger partial charge is 0.744 e. The molecule has 0 spiro atoms. The van der Waals surface area contributed by atoms with Crippen LogP contribution in [0, 0.1) is 0 Å². The van der Waals surface area contributed by atoms with Crippen LogP contribution in [0.5, 0.6) is 0 Å². The van der Waals surface area contributed by atoms with Gasteiger partial charge >= 0.3 is 236 Å². The summed E-state index contributed by atoms with van der Waals surface area (Å²) in [5, 5.41) is 76.9. The van der Waals surface area contributed by atoms with E-state index in [0.717, 1.165) is 42.5 Å². The maximum atomic E-state index is 12.6. The molecule has 0 fully saturated rings. The molecule has 84 heavy (non-hydrogen) atoms. The number of nitrogens with one attached hydrogen (secondary N) is 5. The number of aromatic nitrogens is 6. The van der Waals surface area contributed by atoms with Gasteiger partial charge in [0, 0.05) is 33.6 Å². The fraction of sp³-hybridized carbons (Fsp3) is 0.0556. The maximum Gasteiger partial charge on any atom is 1.00 e. The van der Waals surface area contributed by atoms with Crippen LogP contribution in [-0.2, 0) is 68.1 Å². The molecule has 0 aliphatic heterocycles. The van der Waals surface area contributed by atoms with Crippen LogP contribution in [-0.4, -0.2) is 86.8 Å². The van der Waals surface area contributed by atoms with Crippen molar-refractivity contribution in [3.63, 3.8) is 0 Å². The molecule has 6 aromatic rings. The average Bonchev–Trinajstić information content (AvgIpc) is 3.33. The molecule has 0 bridgehead atoms. The average molecular weight is 1370 g/mol. The van der Waals surface area contributed by atoms with E-state index in [9.17, 15) is 74.5 Å². The van der Waals surface area contributed by atoms with Crippen LogP contribution in [0.1, 0.15) is 17.5 Å². The number of aliphatic carboxylic acids is 2. The summed E-state index contributed by atoms with van der Waals surface area (Å²) < 4.78 is 122. The van der Waals surface area contributed by atoms with Crippen molar-refractivity contribution in [1.29, 1.82) is 0 Å². The zero-order chi connectivity index (χ0) is 55.4. The van der Waals surface area contributed by atoms with Crippen molar-refractivity contribution in [2.75, 3.05) is 26.6 Å². The molecule has 0 amide bonds. The van der Waals surface area contributed by atoms with E-state index >= 15 is 0 Å². The van der Waals surface area contributed by atoms with Crippen molar-refractivity contribution >= 4 is 155 Å². The van der Waals surface area contributed by atoms with Crippen LogP contribution < -0.4 is 289 Å². The van der Waals surface area contributed by atoms with Gasteiger partial charge in [-0.05, 0) is 83.4 Å². The third kappa shape index (κ3) is 28.7. The summed E-state index contributed by atoms with van der Waals surface area (Å²) in [5.41, 5.74) is -0.883. The number of nitrogens with zero attached hydrogens (tertiary/aromatic N) is 6. The third-order valence-corrected chi connectivity index (χ3v) is 13.5. The summed E-state index contributed by atoms with van der Waals surface area (Å²) >= 11 is 6.97. The molecule has 0 radical (unpaired) electrons. The van der Waals surface area contributed by atoms with Crippen LogP contribution in [0.15, 0.2) is 102 Å². The normalized spacial score (nSPS) is 11.1. The van der Waals surface area contributed by atoms with Gasteiger partial charge in [0.2, 0.25) is 35.0 Å². The summed E-state index contributed by atoms with van der Waals surface area (Å²) in [6.45, 7) is 0. The molecule has 404 valence electrons. The summed E-state index contributed by atoms with van der Waals surface area (Å²) in [6.07, 6.45) is 1.27. The van der Waals surface area contributed by atoms with Crippen molar-refractivity contribution in [3.05, 3.63) is 89.2 Å². The molecule has 6 rings (SSSR count).